The van der Waals surface area contributed by atoms with E-state index in [1.807, 2.05) is 0 Å². The van der Waals surface area contributed by atoms with Crippen molar-refractivity contribution in [1.82, 2.24) is 8.75 Å². The van der Waals surface area contributed by atoms with Crippen molar-refractivity contribution in [1.29, 1.82) is 0 Å². The normalized spacial score (nSPS) is 12.7. The van der Waals surface area contributed by atoms with Crippen LogP contribution in [0.1, 0.15) is 24.0 Å². The summed E-state index contributed by atoms with van der Waals surface area (Å²) < 4.78 is 54.7. The van der Waals surface area contributed by atoms with Gasteiger partial charge in [-0.25, -0.2) is 0 Å². The van der Waals surface area contributed by atoms with Crippen LogP contribution >= 0.6 is 11.7 Å². The molecule has 0 aliphatic carbocycles. The number of benzene rings is 2. The molecule has 0 saturated heterocycles. The van der Waals surface area contributed by atoms with E-state index in [0.717, 1.165) is 11.7 Å². The third-order valence-electron chi connectivity index (χ3n) is 3.82. The molecule has 0 fully saturated rings. The van der Waals surface area contributed by atoms with E-state index in [1.54, 1.807) is 31.2 Å². The Hall–Kier alpha value is -2.68. The molecule has 9 heteroatoms. The van der Waals surface area contributed by atoms with Crippen LogP contribution in [0.5, 0.6) is 5.75 Å². The summed E-state index contributed by atoms with van der Waals surface area (Å²) in [5, 5.41) is 0. The minimum absolute atomic E-state index is 0.164. The Morgan fingerprint density at radius 3 is 2.67 bits per heavy atom. The number of hydrogen-bond donors (Lipinski definition) is 0. The van der Waals surface area contributed by atoms with Crippen LogP contribution in [0.2, 0.25) is 0 Å². The van der Waals surface area contributed by atoms with Crippen LogP contribution in [0.25, 0.3) is 11.0 Å². The minimum atomic E-state index is -4.78. The summed E-state index contributed by atoms with van der Waals surface area (Å²) in [5.41, 5.74) is 2.55. The van der Waals surface area contributed by atoms with Gasteiger partial charge in [-0.2, -0.15) is 8.75 Å². The molecule has 1 aromatic heterocycles. The predicted octanol–water partition coefficient (Wildman–Crippen LogP) is 4.48. The summed E-state index contributed by atoms with van der Waals surface area (Å²) in [6, 6.07) is 10.8. The fraction of sp³-hybridized carbons (Fsp3) is 0.278. The summed E-state index contributed by atoms with van der Waals surface area (Å²) in [5.74, 6) is -1.47. The van der Waals surface area contributed by atoms with Crippen LogP contribution in [0.4, 0.5) is 13.2 Å². The van der Waals surface area contributed by atoms with E-state index < -0.39 is 18.2 Å². The standard InChI is InChI=1S/C18H15F3N2O3S/c1-2-25-17(24)14(12-6-7-15-16(10-12)23-27-22-15)9-11-4-3-5-13(8-11)26-18(19,20)21/h3-8,10,14H,2,9H2,1H3. The molecule has 0 saturated carbocycles. The van der Waals surface area contributed by atoms with Gasteiger partial charge in [0.25, 0.3) is 0 Å². The number of ether oxygens (including phenoxy) is 2. The average molecular weight is 396 g/mol. The Labute approximate surface area is 157 Å². The van der Waals surface area contributed by atoms with Crippen molar-refractivity contribution in [3.63, 3.8) is 0 Å². The lowest BCUT2D eigenvalue weighted by molar-refractivity contribution is -0.274. The van der Waals surface area contributed by atoms with Gasteiger partial charge in [0, 0.05) is 0 Å². The molecule has 0 aliphatic rings. The number of aromatic nitrogens is 2. The summed E-state index contributed by atoms with van der Waals surface area (Å²) >= 11 is 1.06. The van der Waals surface area contributed by atoms with Gasteiger partial charge in [-0.05, 0) is 48.7 Å². The third kappa shape index (κ3) is 4.94. The molecule has 27 heavy (non-hydrogen) atoms. The van der Waals surface area contributed by atoms with Gasteiger partial charge in [0.2, 0.25) is 0 Å². The Bertz CT molecular complexity index is 943. The molecule has 0 amide bonds. The van der Waals surface area contributed by atoms with Crippen molar-refractivity contribution in [2.75, 3.05) is 6.61 Å². The number of alkyl halides is 3. The second kappa shape index (κ2) is 7.91. The van der Waals surface area contributed by atoms with Crippen LogP contribution in [-0.4, -0.2) is 27.7 Å². The second-order valence-electron chi connectivity index (χ2n) is 5.72. The average Bonchev–Trinajstić information content (AvgIpc) is 3.06. The maximum atomic E-state index is 12.5. The molecular weight excluding hydrogens is 381 g/mol. The SMILES string of the molecule is CCOC(=O)C(Cc1cccc(OC(F)(F)F)c1)c1ccc2nsnc2c1. The predicted molar refractivity (Wildman–Crippen MR) is 93.6 cm³/mol. The van der Waals surface area contributed by atoms with E-state index in [2.05, 4.69) is 13.5 Å². The summed E-state index contributed by atoms with van der Waals surface area (Å²) in [6.07, 6.45) is -4.61. The van der Waals surface area contributed by atoms with Gasteiger partial charge in [0.15, 0.2) is 0 Å². The lowest BCUT2D eigenvalue weighted by Crippen LogP contribution is -2.19. The van der Waals surface area contributed by atoms with Crippen molar-refractivity contribution >= 4 is 28.7 Å². The molecule has 142 valence electrons. The fourth-order valence-corrected chi connectivity index (χ4v) is 3.22. The largest absolute Gasteiger partial charge is 0.573 e. The number of rotatable bonds is 6. The Morgan fingerprint density at radius 1 is 1.15 bits per heavy atom. The van der Waals surface area contributed by atoms with E-state index in [0.29, 0.717) is 22.2 Å². The lowest BCUT2D eigenvalue weighted by Gasteiger charge is -2.17. The fourth-order valence-electron chi connectivity index (χ4n) is 2.70. The zero-order chi connectivity index (χ0) is 19.4. The maximum Gasteiger partial charge on any atom is 0.573 e. The van der Waals surface area contributed by atoms with Crippen LogP contribution in [0.3, 0.4) is 0 Å². The molecule has 0 aliphatic heterocycles. The van der Waals surface area contributed by atoms with Crippen molar-refractivity contribution in [2.24, 2.45) is 0 Å². The van der Waals surface area contributed by atoms with Gasteiger partial charge in [0.05, 0.1) is 24.3 Å². The molecule has 0 spiro atoms. The molecule has 5 nitrogen and oxygen atoms in total. The van der Waals surface area contributed by atoms with E-state index >= 15 is 0 Å². The number of carbonyl (C=O) groups is 1. The van der Waals surface area contributed by atoms with Crippen molar-refractivity contribution in [3.05, 3.63) is 53.6 Å². The molecule has 1 unspecified atom stereocenters. The minimum Gasteiger partial charge on any atom is -0.466 e. The molecule has 1 atom stereocenters. The van der Waals surface area contributed by atoms with E-state index in [1.165, 1.54) is 18.2 Å². The monoisotopic (exact) mass is 396 g/mol. The molecule has 0 N–H and O–H groups in total. The first-order chi connectivity index (χ1) is 12.9. The summed E-state index contributed by atoms with van der Waals surface area (Å²) in [7, 11) is 0. The Balaban J connectivity index is 1.90. The number of nitrogens with zero attached hydrogens (tertiary/aromatic N) is 2. The first-order valence-electron chi connectivity index (χ1n) is 8.09. The van der Waals surface area contributed by atoms with Gasteiger partial charge in [-0.15, -0.1) is 13.2 Å². The van der Waals surface area contributed by atoms with Gasteiger partial charge in [-0.1, -0.05) is 18.2 Å². The Morgan fingerprint density at radius 2 is 1.93 bits per heavy atom. The molecular formula is C18H15F3N2O3S. The number of fused-ring (bicyclic) bond motifs is 1. The smallest absolute Gasteiger partial charge is 0.466 e. The highest BCUT2D eigenvalue weighted by Crippen LogP contribution is 2.28. The van der Waals surface area contributed by atoms with Crippen molar-refractivity contribution in [2.45, 2.75) is 25.6 Å². The lowest BCUT2D eigenvalue weighted by atomic mass is 9.91. The molecule has 0 bridgehead atoms. The van der Waals surface area contributed by atoms with E-state index in [4.69, 9.17) is 4.74 Å². The number of hydrogen-bond acceptors (Lipinski definition) is 6. The highest BCUT2D eigenvalue weighted by Gasteiger charge is 2.31. The molecule has 2 aromatic carbocycles. The first-order valence-corrected chi connectivity index (χ1v) is 8.82. The first kappa shape index (κ1) is 19.1. The maximum absolute atomic E-state index is 12.5. The quantitative estimate of drug-likeness (QED) is 0.575. The molecule has 1 heterocycles. The van der Waals surface area contributed by atoms with Crippen LogP contribution < -0.4 is 4.74 Å². The molecule has 0 radical (unpaired) electrons. The van der Waals surface area contributed by atoms with Crippen molar-refractivity contribution < 1.29 is 27.4 Å². The van der Waals surface area contributed by atoms with Crippen LogP contribution in [0, 0.1) is 0 Å². The van der Waals surface area contributed by atoms with Crippen LogP contribution in [-0.2, 0) is 16.0 Å². The van der Waals surface area contributed by atoms with Gasteiger partial charge in [0.1, 0.15) is 16.8 Å². The van der Waals surface area contributed by atoms with Gasteiger partial charge < -0.3 is 9.47 Å². The second-order valence-corrected chi connectivity index (χ2v) is 6.24. The van der Waals surface area contributed by atoms with Crippen LogP contribution in [0.15, 0.2) is 42.5 Å². The Kier molecular flexibility index (Phi) is 5.59. The zero-order valence-corrected chi connectivity index (χ0v) is 15.0. The summed E-state index contributed by atoms with van der Waals surface area (Å²) in [6.45, 7) is 1.90. The molecule has 3 aromatic rings. The van der Waals surface area contributed by atoms with Gasteiger partial charge >= 0.3 is 12.3 Å². The number of esters is 1. The number of halogens is 3. The van der Waals surface area contributed by atoms with Crippen molar-refractivity contribution in [3.8, 4) is 5.75 Å². The number of carbonyl (C=O) groups excluding carboxylic acids is 1. The van der Waals surface area contributed by atoms with E-state index in [9.17, 15) is 18.0 Å². The zero-order valence-electron chi connectivity index (χ0n) is 14.2. The third-order valence-corrected chi connectivity index (χ3v) is 4.38. The molecule has 3 rings (SSSR count). The highest BCUT2D eigenvalue weighted by molar-refractivity contribution is 7.00. The highest BCUT2D eigenvalue weighted by atomic mass is 32.1. The topological polar surface area (TPSA) is 61.3 Å². The van der Waals surface area contributed by atoms with Gasteiger partial charge in [-0.3, -0.25) is 4.79 Å². The summed E-state index contributed by atoms with van der Waals surface area (Å²) in [4.78, 5) is 12.5. The van der Waals surface area contributed by atoms with E-state index in [-0.39, 0.29) is 18.8 Å².